The van der Waals surface area contributed by atoms with Crippen LogP contribution in [-0.2, 0) is 0 Å². The molecule has 0 heterocycles. The van der Waals surface area contributed by atoms with E-state index in [0.29, 0.717) is 0 Å². The van der Waals surface area contributed by atoms with Gasteiger partial charge in [-0.05, 0) is 30.5 Å². The Hall–Kier alpha value is -0.600. The second-order valence-electron chi connectivity index (χ2n) is 3.78. The third-order valence-electron chi connectivity index (χ3n) is 2.85. The van der Waals surface area contributed by atoms with Crippen molar-refractivity contribution in [3.05, 3.63) is 34.6 Å². The van der Waals surface area contributed by atoms with E-state index in [2.05, 4.69) is 0 Å². The van der Waals surface area contributed by atoms with E-state index in [1.165, 1.54) is 6.07 Å². The molecule has 2 atom stereocenters. The summed E-state index contributed by atoms with van der Waals surface area (Å²) in [4.78, 5) is 0. The molecule has 0 aromatic heterocycles. The van der Waals surface area contributed by atoms with Crippen molar-refractivity contribution in [2.75, 3.05) is 0 Å². The topological polar surface area (TPSA) is 20.2 Å². The first kappa shape index (κ1) is 9.94. The summed E-state index contributed by atoms with van der Waals surface area (Å²) in [5, 5.41) is 9.81. The van der Waals surface area contributed by atoms with E-state index in [9.17, 15) is 9.50 Å². The number of hydrogen-bond acceptors (Lipinski definition) is 1. The number of aliphatic hydroxyl groups excluding tert-OH is 1. The fourth-order valence-electron chi connectivity index (χ4n) is 2.07. The van der Waals surface area contributed by atoms with E-state index in [-0.39, 0.29) is 17.0 Å². The first-order chi connectivity index (χ1) is 6.68. The normalized spacial score (nSPS) is 26.8. The summed E-state index contributed by atoms with van der Waals surface area (Å²) in [6.07, 6.45) is 2.53. The molecule has 1 aliphatic rings. The Kier molecular flexibility index (Phi) is 2.75. The van der Waals surface area contributed by atoms with Crippen molar-refractivity contribution >= 4 is 11.6 Å². The molecular formula is C11H12ClFO. The maximum Gasteiger partial charge on any atom is 0.141 e. The fraction of sp³-hybridized carbons (Fsp3) is 0.455. The number of hydrogen-bond donors (Lipinski definition) is 1. The van der Waals surface area contributed by atoms with E-state index in [4.69, 9.17) is 11.6 Å². The lowest BCUT2D eigenvalue weighted by Gasteiger charge is -2.14. The van der Waals surface area contributed by atoms with Gasteiger partial charge in [-0.3, -0.25) is 0 Å². The van der Waals surface area contributed by atoms with E-state index < -0.39 is 5.82 Å². The van der Waals surface area contributed by atoms with Gasteiger partial charge in [-0.25, -0.2) is 4.39 Å². The zero-order valence-electron chi connectivity index (χ0n) is 7.71. The quantitative estimate of drug-likeness (QED) is 0.762. The third kappa shape index (κ3) is 1.77. The molecule has 14 heavy (non-hydrogen) atoms. The molecular weight excluding hydrogens is 203 g/mol. The molecule has 0 spiro atoms. The summed E-state index contributed by atoms with van der Waals surface area (Å²) in [6.45, 7) is 0. The first-order valence-corrected chi connectivity index (χ1v) is 5.19. The summed E-state index contributed by atoms with van der Waals surface area (Å²) < 4.78 is 12.9. The number of benzene rings is 1. The summed E-state index contributed by atoms with van der Waals surface area (Å²) in [5.41, 5.74) is 0.946. The van der Waals surface area contributed by atoms with Crippen molar-refractivity contribution in [2.45, 2.75) is 31.3 Å². The second-order valence-corrected chi connectivity index (χ2v) is 4.19. The molecule has 0 unspecified atom stereocenters. The molecule has 76 valence electrons. The SMILES string of the molecule is O[C@@H]1CCC[C@H]1c1ccc(F)c(Cl)c1. The van der Waals surface area contributed by atoms with Gasteiger partial charge in [-0.1, -0.05) is 24.1 Å². The summed E-state index contributed by atoms with van der Waals surface area (Å²) >= 11 is 5.68. The Labute approximate surface area is 87.5 Å². The Balaban J connectivity index is 2.28. The number of aliphatic hydroxyl groups is 1. The maximum absolute atomic E-state index is 12.9. The fourth-order valence-corrected chi connectivity index (χ4v) is 2.26. The third-order valence-corrected chi connectivity index (χ3v) is 3.14. The molecule has 1 aromatic carbocycles. The van der Waals surface area contributed by atoms with Crippen LogP contribution in [-0.4, -0.2) is 11.2 Å². The van der Waals surface area contributed by atoms with Gasteiger partial charge in [-0.15, -0.1) is 0 Å². The average molecular weight is 215 g/mol. The average Bonchev–Trinajstić information content (AvgIpc) is 2.57. The highest BCUT2D eigenvalue weighted by atomic mass is 35.5. The molecule has 1 N–H and O–H groups in total. The molecule has 0 saturated heterocycles. The summed E-state index contributed by atoms with van der Waals surface area (Å²) in [5.74, 6) is -0.268. The van der Waals surface area contributed by atoms with Gasteiger partial charge in [-0.2, -0.15) is 0 Å². The lowest BCUT2D eigenvalue weighted by atomic mass is 9.96. The lowest BCUT2D eigenvalue weighted by molar-refractivity contribution is 0.164. The minimum Gasteiger partial charge on any atom is -0.392 e. The monoisotopic (exact) mass is 214 g/mol. The van der Waals surface area contributed by atoms with Crippen molar-refractivity contribution in [3.8, 4) is 0 Å². The van der Waals surface area contributed by atoms with Crippen LogP contribution in [0.25, 0.3) is 0 Å². The van der Waals surface area contributed by atoms with Crippen LogP contribution in [0, 0.1) is 5.82 Å². The van der Waals surface area contributed by atoms with E-state index in [1.807, 2.05) is 0 Å². The molecule has 3 heteroatoms. The van der Waals surface area contributed by atoms with Crippen molar-refractivity contribution in [2.24, 2.45) is 0 Å². The summed E-state index contributed by atoms with van der Waals surface area (Å²) in [6, 6.07) is 4.69. The van der Waals surface area contributed by atoms with Crippen LogP contribution in [0.5, 0.6) is 0 Å². The van der Waals surface area contributed by atoms with Crippen molar-refractivity contribution in [1.29, 1.82) is 0 Å². The van der Waals surface area contributed by atoms with Crippen LogP contribution in [0.3, 0.4) is 0 Å². The highest BCUT2D eigenvalue weighted by Crippen LogP contribution is 2.35. The van der Waals surface area contributed by atoms with Crippen LogP contribution in [0.1, 0.15) is 30.7 Å². The Morgan fingerprint density at radius 2 is 2.14 bits per heavy atom. The zero-order valence-corrected chi connectivity index (χ0v) is 8.47. The van der Waals surface area contributed by atoms with Crippen LogP contribution < -0.4 is 0 Å². The van der Waals surface area contributed by atoms with Gasteiger partial charge in [0.25, 0.3) is 0 Å². The first-order valence-electron chi connectivity index (χ1n) is 4.81. The highest BCUT2D eigenvalue weighted by Gasteiger charge is 2.26. The van der Waals surface area contributed by atoms with Gasteiger partial charge in [0.05, 0.1) is 11.1 Å². The van der Waals surface area contributed by atoms with Crippen LogP contribution in [0.15, 0.2) is 18.2 Å². The van der Waals surface area contributed by atoms with Crippen LogP contribution >= 0.6 is 11.6 Å². The minimum atomic E-state index is -0.400. The molecule has 1 aromatic rings. The largest absolute Gasteiger partial charge is 0.392 e. The molecule has 2 rings (SSSR count). The Morgan fingerprint density at radius 1 is 1.36 bits per heavy atom. The van der Waals surface area contributed by atoms with E-state index >= 15 is 0 Å². The molecule has 1 saturated carbocycles. The van der Waals surface area contributed by atoms with Gasteiger partial charge in [0.15, 0.2) is 0 Å². The van der Waals surface area contributed by atoms with Gasteiger partial charge < -0.3 is 5.11 Å². The smallest absolute Gasteiger partial charge is 0.141 e. The van der Waals surface area contributed by atoms with E-state index in [0.717, 1.165) is 24.8 Å². The number of rotatable bonds is 1. The van der Waals surface area contributed by atoms with Gasteiger partial charge in [0.2, 0.25) is 0 Å². The number of halogens is 2. The van der Waals surface area contributed by atoms with Crippen LogP contribution in [0.4, 0.5) is 4.39 Å². The molecule has 0 amide bonds. The van der Waals surface area contributed by atoms with Crippen molar-refractivity contribution in [1.82, 2.24) is 0 Å². The predicted molar refractivity (Wildman–Crippen MR) is 54.0 cm³/mol. The summed E-state index contributed by atoms with van der Waals surface area (Å²) in [7, 11) is 0. The molecule has 1 aliphatic carbocycles. The molecule has 0 radical (unpaired) electrons. The maximum atomic E-state index is 12.9. The van der Waals surface area contributed by atoms with Crippen molar-refractivity contribution < 1.29 is 9.50 Å². The Morgan fingerprint density at radius 3 is 2.71 bits per heavy atom. The van der Waals surface area contributed by atoms with Crippen molar-refractivity contribution in [3.63, 3.8) is 0 Å². The second kappa shape index (κ2) is 3.87. The minimum absolute atomic E-state index is 0.132. The molecule has 0 bridgehead atoms. The lowest BCUT2D eigenvalue weighted by Crippen LogP contribution is -2.10. The standard InChI is InChI=1S/C11H12ClFO/c12-9-6-7(4-5-10(9)13)8-2-1-3-11(8)14/h4-6,8,11,14H,1-3H2/t8-,11+/m0/s1. The predicted octanol–water partition coefficient (Wildman–Crippen LogP) is 3.11. The van der Waals surface area contributed by atoms with Crippen LogP contribution in [0.2, 0.25) is 5.02 Å². The van der Waals surface area contributed by atoms with E-state index in [1.54, 1.807) is 12.1 Å². The molecule has 0 aliphatic heterocycles. The highest BCUT2D eigenvalue weighted by molar-refractivity contribution is 6.30. The van der Waals surface area contributed by atoms with Gasteiger partial charge in [0.1, 0.15) is 5.82 Å². The van der Waals surface area contributed by atoms with Gasteiger partial charge >= 0.3 is 0 Å². The Bertz CT molecular complexity index is 340. The molecule has 1 fully saturated rings. The van der Waals surface area contributed by atoms with Gasteiger partial charge in [0, 0.05) is 5.92 Å². The zero-order chi connectivity index (χ0) is 10.1. The molecule has 1 nitrogen and oxygen atoms in total.